The van der Waals surface area contributed by atoms with Crippen molar-refractivity contribution >= 4 is 11.6 Å². The molecular formula is C15H12F4N2O2. The Kier molecular flexibility index (Phi) is 4.83. The number of hydrogen-bond donors (Lipinski definition) is 0. The van der Waals surface area contributed by atoms with Gasteiger partial charge in [-0.3, -0.25) is 14.7 Å². The molecule has 8 heteroatoms. The van der Waals surface area contributed by atoms with E-state index in [1.165, 1.54) is 25.3 Å². The molecule has 0 aliphatic rings. The van der Waals surface area contributed by atoms with Crippen LogP contribution in [-0.2, 0) is 0 Å². The van der Waals surface area contributed by atoms with Crippen LogP contribution in [0.15, 0.2) is 42.7 Å². The molecule has 2 rings (SSSR count). The van der Waals surface area contributed by atoms with Gasteiger partial charge in [0.2, 0.25) is 0 Å². The van der Waals surface area contributed by atoms with Crippen molar-refractivity contribution in [1.82, 2.24) is 4.98 Å². The number of hydrogen-bond acceptors (Lipinski definition) is 3. The van der Waals surface area contributed by atoms with Crippen molar-refractivity contribution in [2.75, 3.05) is 18.6 Å². The zero-order valence-electron chi connectivity index (χ0n) is 12.0. The third kappa shape index (κ3) is 3.97. The highest BCUT2D eigenvalue weighted by Crippen LogP contribution is 2.31. The summed E-state index contributed by atoms with van der Waals surface area (Å²) in [6, 6.07) is 6.73. The topological polar surface area (TPSA) is 42.4 Å². The lowest BCUT2D eigenvalue weighted by Gasteiger charge is -2.25. The summed E-state index contributed by atoms with van der Waals surface area (Å²) in [4.78, 5) is 16.3. The maximum atomic E-state index is 13.7. The smallest absolute Gasteiger partial charge is 0.406 e. The number of alkyl halides is 3. The Morgan fingerprint density at radius 3 is 2.57 bits per heavy atom. The van der Waals surface area contributed by atoms with Crippen molar-refractivity contribution in [2.45, 2.75) is 6.18 Å². The van der Waals surface area contributed by atoms with Crippen LogP contribution < -0.4 is 9.64 Å². The fourth-order valence-corrected chi connectivity index (χ4v) is 1.99. The number of aromatic nitrogens is 1. The summed E-state index contributed by atoms with van der Waals surface area (Å²) in [5.74, 6) is -2.06. The van der Waals surface area contributed by atoms with Gasteiger partial charge in [0.1, 0.15) is 12.3 Å². The van der Waals surface area contributed by atoms with E-state index in [0.717, 1.165) is 18.5 Å². The molecule has 0 radical (unpaired) electrons. The molecule has 2 aromatic rings. The lowest BCUT2D eigenvalue weighted by atomic mass is 10.2. The molecule has 1 heterocycles. The van der Waals surface area contributed by atoms with Crippen LogP contribution in [0.25, 0.3) is 0 Å². The summed E-state index contributed by atoms with van der Waals surface area (Å²) < 4.78 is 57.3. The first kappa shape index (κ1) is 16.7. The molecule has 0 unspecified atom stereocenters. The van der Waals surface area contributed by atoms with Gasteiger partial charge in [0.05, 0.1) is 24.6 Å². The quantitative estimate of drug-likeness (QED) is 0.808. The minimum absolute atomic E-state index is 0.0690. The molecular weight excluding hydrogens is 316 g/mol. The predicted octanol–water partition coefficient (Wildman–Crippen LogP) is 3.44. The summed E-state index contributed by atoms with van der Waals surface area (Å²) in [6.07, 6.45) is -2.77. The highest BCUT2D eigenvalue weighted by atomic mass is 19.4. The van der Waals surface area contributed by atoms with Crippen molar-refractivity contribution in [2.24, 2.45) is 0 Å². The molecule has 0 saturated carbocycles. The highest BCUT2D eigenvalue weighted by molar-refractivity contribution is 6.07. The number of carbonyl (C=O) groups excluding carboxylic acids is 1. The zero-order valence-corrected chi connectivity index (χ0v) is 12.0. The maximum Gasteiger partial charge on any atom is 0.406 e. The largest absolute Gasteiger partial charge is 0.495 e. The van der Waals surface area contributed by atoms with Gasteiger partial charge >= 0.3 is 6.18 Å². The first-order valence-corrected chi connectivity index (χ1v) is 6.44. The Bertz CT molecular complexity index is 704. The Morgan fingerprint density at radius 2 is 1.96 bits per heavy atom. The first-order chi connectivity index (χ1) is 10.8. The molecule has 23 heavy (non-hydrogen) atoms. The Hall–Kier alpha value is -2.64. The molecule has 0 aliphatic heterocycles. The van der Waals surface area contributed by atoms with Crippen molar-refractivity contribution in [3.63, 3.8) is 0 Å². The van der Waals surface area contributed by atoms with E-state index in [2.05, 4.69) is 4.98 Å². The number of amides is 1. The summed E-state index contributed by atoms with van der Waals surface area (Å²) in [6.45, 7) is -1.58. The van der Waals surface area contributed by atoms with E-state index in [4.69, 9.17) is 4.74 Å². The molecule has 0 saturated heterocycles. The summed E-state index contributed by atoms with van der Waals surface area (Å²) in [5.41, 5.74) is -0.608. The van der Waals surface area contributed by atoms with Crippen LogP contribution in [0.3, 0.4) is 0 Å². The lowest BCUT2D eigenvalue weighted by molar-refractivity contribution is -0.118. The van der Waals surface area contributed by atoms with E-state index in [-0.39, 0.29) is 11.4 Å². The van der Waals surface area contributed by atoms with Crippen LogP contribution in [0.4, 0.5) is 23.2 Å². The number of methoxy groups -OCH3 is 1. The van der Waals surface area contributed by atoms with Gasteiger partial charge < -0.3 is 4.74 Å². The van der Waals surface area contributed by atoms with Crippen LogP contribution in [0.5, 0.6) is 5.75 Å². The first-order valence-electron chi connectivity index (χ1n) is 6.44. The van der Waals surface area contributed by atoms with Crippen molar-refractivity contribution in [3.05, 3.63) is 54.1 Å². The third-order valence-corrected chi connectivity index (χ3v) is 2.96. The van der Waals surface area contributed by atoms with Crippen LogP contribution in [0, 0.1) is 5.82 Å². The van der Waals surface area contributed by atoms with Crippen LogP contribution >= 0.6 is 0 Å². The number of benzene rings is 1. The SMILES string of the molecule is COc1ccccc1N(CC(F)(F)F)C(=O)c1ccncc1F. The summed E-state index contributed by atoms with van der Waals surface area (Å²) in [5, 5.41) is 0. The van der Waals surface area contributed by atoms with Crippen molar-refractivity contribution < 1.29 is 27.1 Å². The number of pyridine rings is 1. The minimum Gasteiger partial charge on any atom is -0.495 e. The zero-order chi connectivity index (χ0) is 17.0. The van der Waals surface area contributed by atoms with E-state index in [9.17, 15) is 22.4 Å². The number of rotatable bonds is 4. The Balaban J connectivity index is 2.50. The molecule has 0 spiro atoms. The van der Waals surface area contributed by atoms with E-state index in [1.807, 2.05) is 0 Å². The normalized spacial score (nSPS) is 11.2. The molecule has 122 valence electrons. The second-order valence-corrected chi connectivity index (χ2v) is 4.53. The summed E-state index contributed by atoms with van der Waals surface area (Å²) in [7, 11) is 1.27. The molecule has 1 amide bonds. The minimum atomic E-state index is -4.67. The molecule has 0 N–H and O–H groups in total. The maximum absolute atomic E-state index is 13.7. The lowest BCUT2D eigenvalue weighted by Crippen LogP contribution is -2.39. The van der Waals surface area contributed by atoms with E-state index >= 15 is 0 Å². The second kappa shape index (κ2) is 6.64. The van der Waals surface area contributed by atoms with Crippen molar-refractivity contribution in [1.29, 1.82) is 0 Å². The number of halogens is 4. The van der Waals surface area contributed by atoms with Crippen LogP contribution in [0.2, 0.25) is 0 Å². The van der Waals surface area contributed by atoms with Gasteiger partial charge in [0.15, 0.2) is 5.82 Å². The fraction of sp³-hybridized carbons (Fsp3) is 0.200. The Morgan fingerprint density at radius 1 is 1.26 bits per heavy atom. The molecule has 1 aromatic heterocycles. The standard InChI is InChI=1S/C15H12F4N2O2/c1-23-13-5-3-2-4-12(13)21(9-15(17,18)19)14(22)10-6-7-20-8-11(10)16/h2-8H,9H2,1H3. The fourth-order valence-electron chi connectivity index (χ4n) is 1.99. The molecule has 0 fully saturated rings. The molecule has 0 bridgehead atoms. The average molecular weight is 328 g/mol. The molecule has 4 nitrogen and oxygen atoms in total. The molecule has 0 atom stereocenters. The van der Waals surface area contributed by atoms with E-state index < -0.39 is 30.0 Å². The summed E-state index contributed by atoms with van der Waals surface area (Å²) >= 11 is 0. The predicted molar refractivity (Wildman–Crippen MR) is 74.9 cm³/mol. The number of carbonyl (C=O) groups is 1. The van der Waals surface area contributed by atoms with Gasteiger partial charge in [-0.1, -0.05) is 12.1 Å². The number of ether oxygens (including phenoxy) is 1. The van der Waals surface area contributed by atoms with Crippen LogP contribution in [-0.4, -0.2) is 30.7 Å². The van der Waals surface area contributed by atoms with Gasteiger partial charge in [-0.05, 0) is 18.2 Å². The number of nitrogens with zero attached hydrogens (tertiary/aromatic N) is 2. The number of anilines is 1. The van der Waals surface area contributed by atoms with Crippen molar-refractivity contribution in [3.8, 4) is 5.75 Å². The van der Waals surface area contributed by atoms with Gasteiger partial charge in [-0.15, -0.1) is 0 Å². The van der Waals surface area contributed by atoms with Gasteiger partial charge in [-0.25, -0.2) is 4.39 Å². The van der Waals surface area contributed by atoms with Gasteiger partial charge in [0.25, 0.3) is 5.91 Å². The van der Waals surface area contributed by atoms with E-state index in [0.29, 0.717) is 4.90 Å². The average Bonchev–Trinajstić information content (AvgIpc) is 2.51. The van der Waals surface area contributed by atoms with Gasteiger partial charge in [0, 0.05) is 6.20 Å². The Labute approximate surface area is 129 Å². The monoisotopic (exact) mass is 328 g/mol. The number of para-hydroxylation sites is 2. The molecule has 1 aromatic carbocycles. The molecule has 0 aliphatic carbocycles. The third-order valence-electron chi connectivity index (χ3n) is 2.96. The highest BCUT2D eigenvalue weighted by Gasteiger charge is 2.36. The van der Waals surface area contributed by atoms with Gasteiger partial charge in [-0.2, -0.15) is 13.2 Å². The van der Waals surface area contributed by atoms with E-state index in [1.54, 1.807) is 6.07 Å². The van der Waals surface area contributed by atoms with Crippen LogP contribution in [0.1, 0.15) is 10.4 Å². The second-order valence-electron chi connectivity index (χ2n) is 4.53.